The number of carbonyl (C=O) groups excluding carboxylic acids is 7. The molecule has 22 heteroatoms. The molecule has 8 rings (SSSR count). The third-order valence-corrected chi connectivity index (χ3v) is 13.4. The number of benzene rings is 2. The van der Waals surface area contributed by atoms with Gasteiger partial charge in [0.05, 0.1) is 39.9 Å². The number of aliphatic carboxylic acids is 1. The number of nitrogens with zero attached hydrogens (tertiary/aromatic N) is 8. The maximum Gasteiger partial charge on any atom is 1.00 e. The Labute approximate surface area is 418 Å². The van der Waals surface area contributed by atoms with E-state index in [9.17, 15) is 38.7 Å². The van der Waals surface area contributed by atoms with E-state index in [1.165, 1.54) is 6.07 Å². The van der Waals surface area contributed by atoms with Crippen LogP contribution in [0, 0.1) is 23.1 Å². The fourth-order valence-electron chi connectivity index (χ4n) is 9.34. The van der Waals surface area contributed by atoms with Gasteiger partial charge in [0.2, 0.25) is 5.91 Å². The van der Waals surface area contributed by atoms with E-state index >= 15 is 4.39 Å². The molecule has 4 fully saturated rings. The van der Waals surface area contributed by atoms with Crippen LogP contribution in [-0.2, 0) is 23.9 Å². The average Bonchev–Trinajstić information content (AvgIpc) is 3.56. The number of amides is 5. The molecule has 0 bridgehead atoms. The van der Waals surface area contributed by atoms with Crippen LogP contribution < -0.4 is 54.5 Å². The van der Waals surface area contributed by atoms with E-state index in [1.807, 2.05) is 17.0 Å². The van der Waals surface area contributed by atoms with Gasteiger partial charge < -0.3 is 34.5 Å². The van der Waals surface area contributed by atoms with Crippen LogP contribution in [0.15, 0.2) is 42.5 Å². The smallest absolute Gasteiger partial charge is 0.550 e. The van der Waals surface area contributed by atoms with E-state index in [-0.39, 0.29) is 83.0 Å². The number of likely N-dealkylation sites (tertiary alicyclic amines) is 1. The molecule has 2 aromatic carbocycles. The average molecular weight is 964 g/mol. The first kappa shape index (κ1) is 50.2. The third-order valence-electron chi connectivity index (χ3n) is 13.1. The van der Waals surface area contributed by atoms with Crippen molar-refractivity contribution in [3.8, 4) is 11.8 Å². The number of esters is 1. The van der Waals surface area contributed by atoms with Gasteiger partial charge in [-0.1, -0.05) is 11.6 Å². The van der Waals surface area contributed by atoms with E-state index < -0.39 is 67.0 Å². The second-order valence-corrected chi connectivity index (χ2v) is 17.8. The zero-order chi connectivity index (χ0) is 47.4. The standard InChI is InChI=1S/C46H49ClFN9O10.Na/c47-34-21-31(4-1-28(34)24-49)67-30-5-2-29(3-6-30)50-43(62)36-7-9-39(52-51-36)55-15-13-27(14-16-55)25-53-17-19-54(20-18-53)38-23-33-32(22-35(38)48)44(63)57(45(33)64)37-8-10-40(58)56(46(37)65)26-66-42(61)12-11-41(59)60;/h1,4,7,9,21-23,27,29-30,37H,2-3,5-6,8,10-20,25-26H2,(H,50,62)(H,59,60);/q;+1/p-1. The van der Waals surface area contributed by atoms with E-state index in [1.54, 1.807) is 24.3 Å². The first-order chi connectivity index (χ1) is 32.3. The van der Waals surface area contributed by atoms with Gasteiger partial charge in [0.15, 0.2) is 18.2 Å². The fraction of sp³-hybridized carbons (Fsp3) is 0.478. The first-order valence-electron chi connectivity index (χ1n) is 22.4. The minimum Gasteiger partial charge on any atom is -0.550 e. The molecule has 1 saturated carbocycles. The van der Waals surface area contributed by atoms with Gasteiger partial charge in [-0.05, 0) is 93.7 Å². The van der Waals surface area contributed by atoms with Crippen LogP contribution in [0.4, 0.5) is 15.9 Å². The second kappa shape index (κ2) is 22.1. The minimum atomic E-state index is -1.48. The molecule has 1 N–H and O–H groups in total. The van der Waals surface area contributed by atoms with Crippen molar-refractivity contribution < 1.29 is 82.1 Å². The normalized spacial score (nSPS) is 21.2. The zero-order valence-corrected chi connectivity index (χ0v) is 40.3. The van der Waals surface area contributed by atoms with Crippen LogP contribution in [0.1, 0.15) is 101 Å². The van der Waals surface area contributed by atoms with Crippen molar-refractivity contribution >= 4 is 64.6 Å². The molecule has 0 radical (unpaired) electrons. The summed E-state index contributed by atoms with van der Waals surface area (Å²) in [7, 11) is 0. The number of anilines is 2. The molecule has 1 unspecified atom stereocenters. The number of fused-ring (bicyclic) bond motifs is 1. The summed E-state index contributed by atoms with van der Waals surface area (Å²) < 4.78 is 26.6. The largest absolute Gasteiger partial charge is 1.00 e. The molecule has 1 aromatic heterocycles. The number of halogens is 2. The molecule has 352 valence electrons. The van der Waals surface area contributed by atoms with E-state index in [0.29, 0.717) is 59.2 Å². The van der Waals surface area contributed by atoms with Crippen LogP contribution in [-0.4, -0.2) is 137 Å². The molecule has 1 atom stereocenters. The summed E-state index contributed by atoms with van der Waals surface area (Å²) in [6, 6.07) is 11.5. The summed E-state index contributed by atoms with van der Waals surface area (Å²) >= 11 is 6.14. The molecule has 0 spiro atoms. The Bertz CT molecular complexity index is 2490. The van der Waals surface area contributed by atoms with Gasteiger partial charge in [-0.15, -0.1) is 10.2 Å². The summed E-state index contributed by atoms with van der Waals surface area (Å²) in [6.45, 7) is 3.82. The predicted molar refractivity (Wildman–Crippen MR) is 233 cm³/mol. The number of aromatic nitrogens is 2. The number of nitrogens with one attached hydrogen (secondary N) is 1. The van der Waals surface area contributed by atoms with Crippen LogP contribution in [0.3, 0.4) is 0 Å². The van der Waals surface area contributed by atoms with E-state index in [4.69, 9.17) is 26.3 Å². The monoisotopic (exact) mass is 963 g/mol. The van der Waals surface area contributed by atoms with Gasteiger partial charge in [-0.25, -0.2) is 9.29 Å². The molecule has 1 aliphatic carbocycles. The number of piperidine rings is 2. The second-order valence-electron chi connectivity index (χ2n) is 17.4. The summed E-state index contributed by atoms with van der Waals surface area (Å²) in [6.07, 6.45) is 3.28. The van der Waals surface area contributed by atoms with Crippen LogP contribution >= 0.6 is 11.6 Å². The molecule has 3 aromatic rings. The van der Waals surface area contributed by atoms with Gasteiger partial charge in [-0.2, -0.15) is 5.26 Å². The van der Waals surface area contributed by atoms with Crippen LogP contribution in [0.5, 0.6) is 5.75 Å². The molecule has 3 saturated heterocycles. The summed E-state index contributed by atoms with van der Waals surface area (Å²) in [5.41, 5.74) is 0.555. The third kappa shape index (κ3) is 11.4. The number of carboxylic acid groups (broad SMARTS) is 1. The summed E-state index contributed by atoms with van der Waals surface area (Å²) in [4.78, 5) is 96.3. The van der Waals surface area contributed by atoms with Gasteiger partial charge in [0.25, 0.3) is 23.6 Å². The topological polar surface area (TPSA) is 239 Å². The molecule has 5 amide bonds. The Balaban J connectivity index is 0.00000684. The molecule has 5 aliphatic rings. The van der Waals surface area contributed by atoms with Crippen molar-refractivity contribution in [2.75, 3.05) is 62.3 Å². The number of carboxylic acids is 1. The number of hydrogen-bond acceptors (Lipinski definition) is 16. The number of ether oxygens (including phenoxy) is 2. The maximum atomic E-state index is 15.7. The van der Waals surface area contributed by atoms with Crippen molar-refractivity contribution in [2.24, 2.45) is 5.92 Å². The van der Waals surface area contributed by atoms with Crippen LogP contribution in [0.2, 0.25) is 5.02 Å². The molecule has 68 heavy (non-hydrogen) atoms. The fourth-order valence-corrected chi connectivity index (χ4v) is 9.55. The Kier molecular flexibility index (Phi) is 16.3. The quantitative estimate of drug-likeness (QED) is 0.121. The van der Waals surface area contributed by atoms with Gasteiger partial charge >= 0.3 is 35.5 Å². The van der Waals surface area contributed by atoms with Crippen molar-refractivity contribution in [1.29, 1.82) is 5.26 Å². The Morgan fingerprint density at radius 2 is 1.56 bits per heavy atom. The minimum absolute atomic E-state index is 0. The van der Waals surface area contributed by atoms with Gasteiger partial charge in [0, 0.05) is 70.3 Å². The summed E-state index contributed by atoms with van der Waals surface area (Å²) in [5, 5.41) is 31.8. The SMILES string of the molecule is N#Cc1ccc(OC2CCC(NC(=O)c3ccc(N4CCC(CN5CCN(c6cc7c(cc6F)C(=O)N(C6CCC(=O)N(COC(=O)CCC(=O)[O-])C6=O)C7=O)CC5)CC4)nn3)CC2)cc1Cl.[Na+]. The number of imide groups is 2. The van der Waals surface area contributed by atoms with Crippen molar-refractivity contribution in [2.45, 2.75) is 82.4 Å². The maximum absolute atomic E-state index is 15.7. The number of piperazine rings is 1. The van der Waals surface area contributed by atoms with Crippen molar-refractivity contribution in [1.82, 2.24) is 30.2 Å². The van der Waals surface area contributed by atoms with Crippen LogP contribution in [0.25, 0.3) is 0 Å². The molecule has 5 heterocycles. The van der Waals surface area contributed by atoms with Gasteiger partial charge in [-0.3, -0.25) is 38.6 Å². The molecule has 19 nitrogen and oxygen atoms in total. The van der Waals surface area contributed by atoms with E-state index in [2.05, 4.69) is 25.3 Å². The Hall–Kier alpha value is -5.72. The summed E-state index contributed by atoms with van der Waals surface area (Å²) in [5.74, 6) is -5.00. The molecular formula is C46H48ClFN9NaO10. The zero-order valence-electron chi connectivity index (χ0n) is 37.5. The first-order valence-corrected chi connectivity index (χ1v) is 22.8. The van der Waals surface area contributed by atoms with Crippen molar-refractivity contribution in [3.05, 3.63) is 75.7 Å². The molecular weight excluding hydrogens is 916 g/mol. The molecule has 4 aliphatic heterocycles. The number of hydrogen-bond donors (Lipinski definition) is 1. The predicted octanol–water partition coefficient (Wildman–Crippen LogP) is -0.552. The number of nitriles is 1. The number of rotatable bonds is 14. The number of carbonyl (C=O) groups is 7. The Morgan fingerprint density at radius 1 is 0.853 bits per heavy atom. The van der Waals surface area contributed by atoms with Crippen molar-refractivity contribution in [3.63, 3.8) is 0 Å². The Morgan fingerprint density at radius 3 is 2.21 bits per heavy atom. The van der Waals surface area contributed by atoms with Gasteiger partial charge in [0.1, 0.15) is 23.7 Å². The van der Waals surface area contributed by atoms with E-state index in [0.717, 1.165) is 69.1 Å².